The first-order chi connectivity index (χ1) is 9.29. The summed E-state index contributed by atoms with van der Waals surface area (Å²) >= 11 is 9.00. The molecule has 1 N–H and O–H groups in total. The van der Waals surface area contributed by atoms with Gasteiger partial charge in [-0.3, -0.25) is 4.72 Å². The third kappa shape index (κ3) is 3.31. The molecule has 0 fully saturated rings. The van der Waals surface area contributed by atoms with Gasteiger partial charge in [-0.25, -0.2) is 12.8 Å². The van der Waals surface area contributed by atoms with Gasteiger partial charge in [0.1, 0.15) is 5.82 Å². The van der Waals surface area contributed by atoms with Crippen LogP contribution in [0, 0.1) is 12.7 Å². The van der Waals surface area contributed by atoms with Crippen LogP contribution in [0.2, 0.25) is 5.02 Å². The van der Waals surface area contributed by atoms with Crippen LogP contribution in [0.4, 0.5) is 10.1 Å². The van der Waals surface area contributed by atoms with Crippen molar-refractivity contribution in [3.05, 3.63) is 57.3 Å². The van der Waals surface area contributed by atoms with Crippen molar-refractivity contribution in [2.45, 2.75) is 11.8 Å². The maximum atomic E-state index is 13.2. The Labute approximate surface area is 130 Å². The highest BCUT2D eigenvalue weighted by Gasteiger charge is 2.16. The zero-order valence-electron chi connectivity index (χ0n) is 10.3. The molecule has 3 nitrogen and oxygen atoms in total. The van der Waals surface area contributed by atoms with Gasteiger partial charge < -0.3 is 0 Å². The van der Waals surface area contributed by atoms with Crippen molar-refractivity contribution >= 4 is 43.2 Å². The summed E-state index contributed by atoms with van der Waals surface area (Å²) in [4.78, 5) is 0.0655. The molecule has 106 valence electrons. The topological polar surface area (TPSA) is 46.2 Å². The molecule has 7 heteroatoms. The summed E-state index contributed by atoms with van der Waals surface area (Å²) < 4.78 is 40.4. The molecule has 2 rings (SSSR count). The molecule has 0 bridgehead atoms. The molecule has 0 aliphatic carbocycles. The number of rotatable bonds is 3. The van der Waals surface area contributed by atoms with Crippen LogP contribution in [0.15, 0.2) is 45.8 Å². The van der Waals surface area contributed by atoms with Crippen molar-refractivity contribution in [2.24, 2.45) is 0 Å². The molecule has 2 aromatic carbocycles. The van der Waals surface area contributed by atoms with Crippen LogP contribution >= 0.6 is 27.5 Å². The molecule has 0 aliphatic rings. The van der Waals surface area contributed by atoms with Gasteiger partial charge in [0.05, 0.1) is 9.92 Å². The average Bonchev–Trinajstić information content (AvgIpc) is 2.37. The lowest BCUT2D eigenvalue weighted by Gasteiger charge is -2.09. The van der Waals surface area contributed by atoms with Gasteiger partial charge in [0, 0.05) is 10.2 Å². The molecule has 0 unspecified atom stereocenters. The minimum Gasteiger partial charge on any atom is -0.280 e. The monoisotopic (exact) mass is 377 g/mol. The zero-order chi connectivity index (χ0) is 14.9. The SMILES string of the molecule is Cc1cc(NS(=O)(=O)c2ccc(Cl)c(Br)c2)ccc1F. The van der Waals surface area contributed by atoms with Gasteiger partial charge in [-0.15, -0.1) is 0 Å². The number of nitrogens with one attached hydrogen (secondary N) is 1. The third-order valence-corrected chi connectivity index (χ3v) is 5.20. The summed E-state index contributed by atoms with van der Waals surface area (Å²) in [7, 11) is -3.74. The van der Waals surface area contributed by atoms with Gasteiger partial charge in [0.15, 0.2) is 0 Å². The Morgan fingerprint density at radius 2 is 1.90 bits per heavy atom. The van der Waals surface area contributed by atoms with Gasteiger partial charge in [-0.05, 0) is 64.8 Å². The molecule has 2 aromatic rings. The number of halogens is 3. The molecule has 0 spiro atoms. The fraction of sp³-hybridized carbons (Fsp3) is 0.0769. The smallest absolute Gasteiger partial charge is 0.261 e. The van der Waals surface area contributed by atoms with E-state index in [-0.39, 0.29) is 10.7 Å². The standard InChI is InChI=1S/C13H10BrClFNO2S/c1-8-6-9(2-5-13(8)16)17-20(18,19)10-3-4-12(15)11(14)7-10/h2-7,17H,1H3. The van der Waals surface area contributed by atoms with Crippen molar-refractivity contribution < 1.29 is 12.8 Å². The molecule has 0 heterocycles. The Kier molecular flexibility index (Phi) is 4.36. The van der Waals surface area contributed by atoms with E-state index in [9.17, 15) is 12.8 Å². The van der Waals surface area contributed by atoms with Gasteiger partial charge >= 0.3 is 0 Å². The van der Waals surface area contributed by atoms with E-state index >= 15 is 0 Å². The first-order valence-corrected chi connectivity index (χ1v) is 8.19. The Hall–Kier alpha value is -1.11. The number of aryl methyl sites for hydroxylation is 1. The molecule has 0 radical (unpaired) electrons. The fourth-order valence-corrected chi connectivity index (χ4v) is 3.29. The third-order valence-electron chi connectivity index (χ3n) is 2.61. The molecule has 0 saturated heterocycles. The van der Waals surface area contributed by atoms with E-state index in [4.69, 9.17) is 11.6 Å². The van der Waals surface area contributed by atoms with Crippen LogP contribution in [0.5, 0.6) is 0 Å². The van der Waals surface area contributed by atoms with E-state index in [1.165, 1.54) is 36.4 Å². The van der Waals surface area contributed by atoms with Gasteiger partial charge in [-0.1, -0.05) is 11.6 Å². The number of sulfonamides is 1. The first kappa shape index (κ1) is 15.3. The van der Waals surface area contributed by atoms with E-state index in [0.717, 1.165) is 0 Å². The maximum absolute atomic E-state index is 13.2. The van der Waals surface area contributed by atoms with Crippen molar-refractivity contribution in [1.82, 2.24) is 0 Å². The van der Waals surface area contributed by atoms with Crippen LogP contribution in [-0.4, -0.2) is 8.42 Å². The highest BCUT2D eigenvalue weighted by Crippen LogP contribution is 2.26. The normalized spacial score (nSPS) is 11.4. The summed E-state index contributed by atoms with van der Waals surface area (Å²) in [5.74, 6) is -0.387. The lowest BCUT2D eigenvalue weighted by molar-refractivity contribution is 0.600. The molecule has 0 amide bonds. The molecular weight excluding hydrogens is 369 g/mol. The van der Waals surface area contributed by atoms with Crippen molar-refractivity contribution in [3.63, 3.8) is 0 Å². The Balaban J connectivity index is 2.35. The predicted octanol–water partition coefficient (Wildman–Crippen LogP) is 4.35. The summed E-state index contributed by atoms with van der Waals surface area (Å²) in [5, 5.41) is 0.418. The average molecular weight is 379 g/mol. The zero-order valence-corrected chi connectivity index (χ0v) is 13.5. The van der Waals surface area contributed by atoms with Gasteiger partial charge in [0.2, 0.25) is 0 Å². The molecule has 0 aromatic heterocycles. The van der Waals surface area contributed by atoms with Crippen molar-refractivity contribution in [3.8, 4) is 0 Å². The van der Waals surface area contributed by atoms with E-state index in [1.807, 2.05) is 0 Å². The van der Waals surface area contributed by atoms with Crippen LogP contribution in [-0.2, 0) is 10.0 Å². The molecule has 0 saturated carbocycles. The Morgan fingerprint density at radius 1 is 1.20 bits per heavy atom. The fourth-order valence-electron chi connectivity index (χ4n) is 1.57. The minimum absolute atomic E-state index is 0.0655. The molecule has 0 aliphatic heterocycles. The summed E-state index contributed by atoms with van der Waals surface area (Å²) in [6.45, 7) is 1.56. The quantitative estimate of drug-likeness (QED) is 0.863. The second-order valence-electron chi connectivity index (χ2n) is 4.15. The molecular formula is C13H10BrClFNO2S. The lowest BCUT2D eigenvalue weighted by Crippen LogP contribution is -2.13. The van der Waals surface area contributed by atoms with Crippen LogP contribution in [0.1, 0.15) is 5.56 Å². The van der Waals surface area contributed by atoms with Crippen molar-refractivity contribution in [1.29, 1.82) is 0 Å². The Morgan fingerprint density at radius 3 is 2.50 bits per heavy atom. The van der Waals surface area contributed by atoms with E-state index < -0.39 is 10.0 Å². The molecule has 20 heavy (non-hydrogen) atoms. The number of hydrogen-bond acceptors (Lipinski definition) is 2. The van der Waals surface area contributed by atoms with Crippen LogP contribution in [0.25, 0.3) is 0 Å². The largest absolute Gasteiger partial charge is 0.280 e. The second kappa shape index (κ2) is 5.71. The second-order valence-corrected chi connectivity index (χ2v) is 7.09. The highest BCUT2D eigenvalue weighted by atomic mass is 79.9. The predicted molar refractivity (Wildman–Crippen MR) is 81.1 cm³/mol. The van der Waals surface area contributed by atoms with E-state index in [1.54, 1.807) is 6.92 Å². The molecule has 0 atom stereocenters. The Bertz CT molecular complexity index is 765. The lowest BCUT2D eigenvalue weighted by atomic mass is 10.2. The van der Waals surface area contributed by atoms with E-state index in [2.05, 4.69) is 20.7 Å². The number of hydrogen-bond donors (Lipinski definition) is 1. The van der Waals surface area contributed by atoms with Crippen LogP contribution < -0.4 is 4.72 Å². The van der Waals surface area contributed by atoms with Crippen molar-refractivity contribution in [2.75, 3.05) is 4.72 Å². The highest BCUT2D eigenvalue weighted by molar-refractivity contribution is 9.10. The van der Waals surface area contributed by atoms with Crippen LogP contribution in [0.3, 0.4) is 0 Å². The maximum Gasteiger partial charge on any atom is 0.261 e. The van der Waals surface area contributed by atoms with Gasteiger partial charge in [-0.2, -0.15) is 0 Å². The minimum atomic E-state index is -3.74. The summed E-state index contributed by atoms with van der Waals surface area (Å²) in [6, 6.07) is 8.29. The van der Waals surface area contributed by atoms with E-state index in [0.29, 0.717) is 20.7 Å². The van der Waals surface area contributed by atoms with Gasteiger partial charge in [0.25, 0.3) is 10.0 Å². The summed E-state index contributed by atoms with van der Waals surface area (Å²) in [5.41, 5.74) is 0.664. The number of benzene rings is 2. The first-order valence-electron chi connectivity index (χ1n) is 5.53. The number of anilines is 1. The summed E-state index contributed by atoms with van der Waals surface area (Å²) in [6.07, 6.45) is 0.